The maximum absolute atomic E-state index is 5.52. The average Bonchev–Trinajstić information content (AvgIpc) is 3.28. The van der Waals surface area contributed by atoms with E-state index in [0.717, 1.165) is 59.9 Å². The number of fused-ring (bicyclic) bond motifs is 2. The monoisotopic (exact) mass is 450 g/mol. The Hall–Kier alpha value is -3.97. The molecular formula is C27H26N6O. The number of rotatable bonds is 5. The number of nitrogens with zero attached hydrogens (tertiary/aromatic N) is 4. The zero-order valence-electron chi connectivity index (χ0n) is 19.0. The number of imidazole rings is 1. The third kappa shape index (κ3) is 3.84. The van der Waals surface area contributed by atoms with Gasteiger partial charge in [0.15, 0.2) is 0 Å². The van der Waals surface area contributed by atoms with Crippen LogP contribution < -0.4 is 15.4 Å². The summed E-state index contributed by atoms with van der Waals surface area (Å²) in [6.07, 6.45) is 4.06. The molecule has 7 nitrogen and oxygen atoms in total. The number of ether oxygens (including phenoxy) is 1. The van der Waals surface area contributed by atoms with E-state index in [1.54, 1.807) is 13.3 Å². The zero-order chi connectivity index (χ0) is 22.9. The molecule has 0 unspecified atom stereocenters. The normalized spacial score (nSPS) is 16.1. The second-order valence-corrected chi connectivity index (χ2v) is 8.61. The van der Waals surface area contributed by atoms with Gasteiger partial charge in [-0.3, -0.25) is 4.57 Å². The van der Waals surface area contributed by atoms with Gasteiger partial charge in [-0.1, -0.05) is 36.4 Å². The first-order chi connectivity index (χ1) is 16.8. The fraction of sp³-hybridized carbons (Fsp3) is 0.222. The largest absolute Gasteiger partial charge is 0.497 e. The van der Waals surface area contributed by atoms with Gasteiger partial charge in [-0.2, -0.15) is 4.98 Å². The fourth-order valence-electron chi connectivity index (χ4n) is 4.64. The summed E-state index contributed by atoms with van der Waals surface area (Å²) in [4.78, 5) is 14.4. The lowest BCUT2D eigenvalue weighted by molar-refractivity contribution is 0.415. The minimum atomic E-state index is 0.323. The maximum atomic E-state index is 5.52. The number of benzene rings is 3. The molecule has 1 fully saturated rings. The number of anilines is 1. The topological polar surface area (TPSA) is 76.9 Å². The lowest BCUT2D eigenvalue weighted by Crippen LogP contribution is -2.38. The Morgan fingerprint density at radius 2 is 1.91 bits per heavy atom. The molecule has 1 atom stereocenters. The van der Waals surface area contributed by atoms with Crippen molar-refractivity contribution in [1.82, 2.24) is 24.8 Å². The number of nitrogens with one attached hydrogen (secondary N) is 2. The van der Waals surface area contributed by atoms with Gasteiger partial charge in [-0.15, -0.1) is 0 Å². The van der Waals surface area contributed by atoms with Crippen LogP contribution in [0.3, 0.4) is 0 Å². The molecule has 2 N–H and O–H groups in total. The summed E-state index contributed by atoms with van der Waals surface area (Å²) in [5, 5.41) is 9.30. The summed E-state index contributed by atoms with van der Waals surface area (Å²) in [6, 6.07) is 23.0. The van der Waals surface area contributed by atoms with Crippen LogP contribution in [0.4, 0.5) is 5.95 Å². The van der Waals surface area contributed by atoms with Crippen LogP contribution in [0.15, 0.2) is 72.9 Å². The molecule has 5 aromatic rings. The molecule has 0 aliphatic carbocycles. The minimum absolute atomic E-state index is 0.323. The van der Waals surface area contributed by atoms with E-state index in [9.17, 15) is 0 Å². The lowest BCUT2D eigenvalue weighted by atomic mass is 10.1. The van der Waals surface area contributed by atoms with Crippen LogP contribution in [0.2, 0.25) is 0 Å². The molecule has 0 amide bonds. The average molecular weight is 451 g/mol. The second-order valence-electron chi connectivity index (χ2n) is 8.61. The van der Waals surface area contributed by atoms with Gasteiger partial charge in [-0.05, 0) is 54.4 Å². The summed E-state index contributed by atoms with van der Waals surface area (Å²) < 4.78 is 7.61. The number of aromatic nitrogens is 4. The van der Waals surface area contributed by atoms with Crippen LogP contribution in [0.25, 0.3) is 39.0 Å². The highest BCUT2D eigenvalue weighted by molar-refractivity contribution is 5.89. The molecular weight excluding hydrogens is 424 g/mol. The predicted octanol–water partition coefficient (Wildman–Crippen LogP) is 4.81. The molecule has 0 bridgehead atoms. The van der Waals surface area contributed by atoms with Crippen molar-refractivity contribution in [3.05, 3.63) is 72.9 Å². The third-order valence-electron chi connectivity index (χ3n) is 6.37. The van der Waals surface area contributed by atoms with E-state index >= 15 is 0 Å². The van der Waals surface area contributed by atoms with E-state index in [1.165, 1.54) is 10.8 Å². The highest BCUT2D eigenvalue weighted by atomic mass is 16.5. The Labute approximate surface area is 197 Å². The highest BCUT2D eigenvalue weighted by Gasteiger charge is 2.18. The van der Waals surface area contributed by atoms with Crippen LogP contribution in [-0.2, 0) is 0 Å². The molecule has 1 saturated heterocycles. The molecule has 7 heteroatoms. The van der Waals surface area contributed by atoms with Crippen LogP contribution >= 0.6 is 0 Å². The van der Waals surface area contributed by atoms with Crippen molar-refractivity contribution in [3.63, 3.8) is 0 Å². The van der Waals surface area contributed by atoms with Gasteiger partial charge in [0.05, 0.1) is 18.1 Å². The molecule has 0 spiro atoms. The molecule has 34 heavy (non-hydrogen) atoms. The van der Waals surface area contributed by atoms with Gasteiger partial charge >= 0.3 is 0 Å². The summed E-state index contributed by atoms with van der Waals surface area (Å²) in [5.74, 6) is 3.00. The van der Waals surface area contributed by atoms with Gasteiger partial charge in [-0.25, -0.2) is 9.97 Å². The number of piperidine rings is 1. The molecule has 170 valence electrons. The number of hydrogen-bond donors (Lipinski definition) is 2. The summed E-state index contributed by atoms with van der Waals surface area (Å²) in [7, 11) is 1.68. The van der Waals surface area contributed by atoms with Crippen molar-refractivity contribution >= 4 is 27.8 Å². The summed E-state index contributed by atoms with van der Waals surface area (Å²) in [6.45, 7) is 1.98. The van der Waals surface area contributed by atoms with Gasteiger partial charge in [0.2, 0.25) is 5.95 Å². The highest BCUT2D eigenvalue weighted by Crippen LogP contribution is 2.32. The Balaban J connectivity index is 1.50. The Morgan fingerprint density at radius 1 is 1.00 bits per heavy atom. The zero-order valence-corrected chi connectivity index (χ0v) is 19.0. The van der Waals surface area contributed by atoms with E-state index < -0.39 is 0 Å². The van der Waals surface area contributed by atoms with E-state index in [1.807, 2.05) is 24.3 Å². The minimum Gasteiger partial charge on any atom is -0.497 e. The van der Waals surface area contributed by atoms with E-state index in [-0.39, 0.29) is 0 Å². The Bertz CT molecular complexity index is 1470. The van der Waals surface area contributed by atoms with Crippen molar-refractivity contribution in [1.29, 1.82) is 0 Å². The van der Waals surface area contributed by atoms with E-state index in [4.69, 9.17) is 14.7 Å². The Morgan fingerprint density at radius 3 is 2.76 bits per heavy atom. The number of methoxy groups -OCH3 is 1. The van der Waals surface area contributed by atoms with Gasteiger partial charge in [0.25, 0.3) is 0 Å². The summed E-state index contributed by atoms with van der Waals surface area (Å²) >= 11 is 0. The summed E-state index contributed by atoms with van der Waals surface area (Å²) in [5.41, 5.74) is 2.85. The van der Waals surface area contributed by atoms with Crippen molar-refractivity contribution in [2.75, 3.05) is 25.5 Å². The standard InChI is InChI=1S/C27H26N6O/c1-34-22-10-11-23-24(16-22)33(25-12-14-29-27(32-25)30-21-7-4-13-28-17-21)26(31-23)20-9-8-18-5-2-3-6-19(18)15-20/h2-3,5-6,8-12,14-16,21,28H,4,7,13,17H2,1H3,(H,29,30,32)/t21-/m1/s1. The van der Waals surface area contributed by atoms with E-state index in [0.29, 0.717) is 12.0 Å². The van der Waals surface area contributed by atoms with Crippen LogP contribution in [-0.4, -0.2) is 45.8 Å². The first kappa shape index (κ1) is 20.6. The Kier molecular flexibility index (Phi) is 5.31. The third-order valence-corrected chi connectivity index (χ3v) is 6.37. The first-order valence-electron chi connectivity index (χ1n) is 11.6. The van der Waals surface area contributed by atoms with Crippen LogP contribution in [0.1, 0.15) is 12.8 Å². The van der Waals surface area contributed by atoms with Crippen LogP contribution in [0.5, 0.6) is 5.75 Å². The quantitative estimate of drug-likeness (QED) is 0.400. The SMILES string of the molecule is COc1ccc2nc(-c3ccc4ccccc4c3)n(-c3ccnc(N[C@@H]4CCCNC4)n3)c2c1. The first-order valence-corrected chi connectivity index (χ1v) is 11.6. The van der Waals surface area contributed by atoms with Gasteiger partial charge in [0, 0.05) is 30.4 Å². The molecule has 3 aromatic carbocycles. The van der Waals surface area contributed by atoms with E-state index in [2.05, 4.69) is 62.6 Å². The van der Waals surface area contributed by atoms with Crippen LogP contribution in [0, 0.1) is 0 Å². The molecule has 0 saturated carbocycles. The van der Waals surface area contributed by atoms with Gasteiger partial charge < -0.3 is 15.4 Å². The molecule has 2 aromatic heterocycles. The van der Waals surface area contributed by atoms with Crippen molar-refractivity contribution in [2.45, 2.75) is 18.9 Å². The lowest BCUT2D eigenvalue weighted by Gasteiger charge is -2.23. The molecule has 6 rings (SSSR count). The molecule has 1 aliphatic rings. The smallest absolute Gasteiger partial charge is 0.224 e. The molecule has 0 radical (unpaired) electrons. The van der Waals surface area contributed by atoms with Gasteiger partial charge in [0.1, 0.15) is 17.4 Å². The second kappa shape index (κ2) is 8.76. The molecule has 1 aliphatic heterocycles. The number of hydrogen-bond acceptors (Lipinski definition) is 6. The van der Waals surface area contributed by atoms with Crippen molar-refractivity contribution < 1.29 is 4.74 Å². The fourth-order valence-corrected chi connectivity index (χ4v) is 4.64. The van der Waals surface area contributed by atoms with Crippen molar-refractivity contribution in [3.8, 4) is 23.0 Å². The molecule has 3 heterocycles. The van der Waals surface area contributed by atoms with Crippen molar-refractivity contribution in [2.24, 2.45) is 0 Å². The maximum Gasteiger partial charge on any atom is 0.224 e. The predicted molar refractivity (Wildman–Crippen MR) is 136 cm³/mol.